The molecule has 0 aromatic heterocycles. The van der Waals surface area contributed by atoms with E-state index in [4.69, 9.17) is 10.5 Å². The number of hydrogen-bond acceptors (Lipinski definition) is 3. The smallest absolute Gasteiger partial charge is 0.0779 e. The zero-order valence-corrected chi connectivity index (χ0v) is 9.51. The lowest BCUT2D eigenvalue weighted by molar-refractivity contribution is 0.0209. The Bertz CT molecular complexity index is 155. The zero-order chi connectivity index (χ0) is 10.4. The summed E-state index contributed by atoms with van der Waals surface area (Å²) in [6.45, 7) is 7.21. The number of nitrogens with two attached hydrogens (primary N) is 1. The lowest BCUT2D eigenvalue weighted by Gasteiger charge is -2.23. The molecule has 3 N–H and O–H groups in total. The van der Waals surface area contributed by atoms with Crippen molar-refractivity contribution in [2.75, 3.05) is 19.7 Å². The predicted molar refractivity (Wildman–Crippen MR) is 59.3 cm³/mol. The molecule has 1 saturated heterocycles. The van der Waals surface area contributed by atoms with Gasteiger partial charge in [-0.3, -0.25) is 0 Å². The molecule has 0 aromatic carbocycles. The van der Waals surface area contributed by atoms with Crippen molar-refractivity contribution in [1.82, 2.24) is 5.32 Å². The first kappa shape index (κ1) is 12.0. The quantitative estimate of drug-likeness (QED) is 0.635. The lowest BCUT2D eigenvalue weighted by atomic mass is 10.0. The molecule has 1 aliphatic heterocycles. The number of ether oxygens (including phenoxy) is 1. The standard InChI is InChI=1S/C11H24N2O/c1-3-10(12)5-7-13-9-11(2)6-4-8-14-11/h10,13H,3-9,12H2,1-2H3. The third kappa shape index (κ3) is 3.95. The maximum atomic E-state index is 5.83. The van der Waals surface area contributed by atoms with Crippen LogP contribution in [0, 0.1) is 0 Å². The molecule has 1 aliphatic rings. The van der Waals surface area contributed by atoms with Crippen LogP contribution in [-0.2, 0) is 4.74 Å². The molecule has 1 rings (SSSR count). The molecule has 2 unspecified atom stereocenters. The van der Waals surface area contributed by atoms with Gasteiger partial charge in [0.15, 0.2) is 0 Å². The summed E-state index contributed by atoms with van der Waals surface area (Å²) in [5, 5.41) is 3.43. The molecule has 3 heteroatoms. The molecular weight excluding hydrogens is 176 g/mol. The summed E-state index contributed by atoms with van der Waals surface area (Å²) in [4.78, 5) is 0. The summed E-state index contributed by atoms with van der Waals surface area (Å²) in [6.07, 6.45) is 4.51. The van der Waals surface area contributed by atoms with Crippen LogP contribution in [0.3, 0.4) is 0 Å². The topological polar surface area (TPSA) is 47.3 Å². The molecule has 0 radical (unpaired) electrons. The molecule has 0 spiro atoms. The van der Waals surface area contributed by atoms with Gasteiger partial charge in [-0.25, -0.2) is 0 Å². The molecule has 0 aromatic rings. The molecule has 3 nitrogen and oxygen atoms in total. The van der Waals surface area contributed by atoms with E-state index < -0.39 is 0 Å². The average Bonchev–Trinajstić information content (AvgIpc) is 2.60. The van der Waals surface area contributed by atoms with Gasteiger partial charge < -0.3 is 15.8 Å². The lowest BCUT2D eigenvalue weighted by Crippen LogP contribution is -2.38. The summed E-state index contributed by atoms with van der Waals surface area (Å²) >= 11 is 0. The Labute approximate surface area is 87.4 Å². The van der Waals surface area contributed by atoms with E-state index >= 15 is 0 Å². The maximum absolute atomic E-state index is 5.83. The predicted octanol–water partition coefficient (Wildman–Crippen LogP) is 1.27. The Balaban J connectivity index is 2.03. The minimum absolute atomic E-state index is 0.0797. The summed E-state index contributed by atoms with van der Waals surface area (Å²) in [5.74, 6) is 0. The van der Waals surface area contributed by atoms with Crippen LogP contribution in [0.2, 0.25) is 0 Å². The van der Waals surface area contributed by atoms with Crippen molar-refractivity contribution in [3.05, 3.63) is 0 Å². The van der Waals surface area contributed by atoms with Crippen LogP contribution in [-0.4, -0.2) is 31.3 Å². The average molecular weight is 200 g/mol. The van der Waals surface area contributed by atoms with Gasteiger partial charge in [-0.15, -0.1) is 0 Å². The monoisotopic (exact) mass is 200 g/mol. The Kier molecular flexibility index (Phi) is 4.85. The normalized spacial score (nSPS) is 29.4. The van der Waals surface area contributed by atoms with Gasteiger partial charge in [0, 0.05) is 19.2 Å². The van der Waals surface area contributed by atoms with E-state index in [0.717, 1.165) is 32.5 Å². The Morgan fingerprint density at radius 1 is 1.57 bits per heavy atom. The van der Waals surface area contributed by atoms with Crippen LogP contribution < -0.4 is 11.1 Å². The van der Waals surface area contributed by atoms with Gasteiger partial charge in [-0.05, 0) is 39.2 Å². The molecule has 2 atom stereocenters. The van der Waals surface area contributed by atoms with Crippen molar-refractivity contribution < 1.29 is 4.74 Å². The Morgan fingerprint density at radius 3 is 2.93 bits per heavy atom. The first-order valence-electron chi connectivity index (χ1n) is 5.76. The minimum Gasteiger partial charge on any atom is -0.374 e. The van der Waals surface area contributed by atoms with Crippen molar-refractivity contribution in [3.63, 3.8) is 0 Å². The molecular formula is C11H24N2O. The summed E-state index contributed by atoms with van der Waals surface area (Å²) in [6, 6.07) is 0.347. The van der Waals surface area contributed by atoms with Crippen molar-refractivity contribution >= 4 is 0 Å². The van der Waals surface area contributed by atoms with E-state index in [1.165, 1.54) is 12.8 Å². The van der Waals surface area contributed by atoms with Crippen LogP contribution in [0.25, 0.3) is 0 Å². The third-order valence-corrected chi connectivity index (χ3v) is 3.02. The van der Waals surface area contributed by atoms with Crippen molar-refractivity contribution in [2.24, 2.45) is 5.73 Å². The fourth-order valence-corrected chi connectivity index (χ4v) is 1.82. The SMILES string of the molecule is CCC(N)CCNCC1(C)CCCO1. The second kappa shape index (κ2) is 5.69. The van der Waals surface area contributed by atoms with Gasteiger partial charge in [0.1, 0.15) is 0 Å². The molecule has 0 bridgehead atoms. The van der Waals surface area contributed by atoms with E-state index in [0.29, 0.717) is 6.04 Å². The first-order valence-corrected chi connectivity index (χ1v) is 5.76. The number of nitrogens with one attached hydrogen (secondary N) is 1. The van der Waals surface area contributed by atoms with Crippen LogP contribution in [0.5, 0.6) is 0 Å². The molecule has 0 saturated carbocycles. The van der Waals surface area contributed by atoms with Crippen LogP contribution in [0.1, 0.15) is 39.5 Å². The fourth-order valence-electron chi connectivity index (χ4n) is 1.82. The summed E-state index contributed by atoms with van der Waals surface area (Å²) in [7, 11) is 0. The highest BCUT2D eigenvalue weighted by Gasteiger charge is 2.28. The van der Waals surface area contributed by atoms with E-state index in [-0.39, 0.29) is 5.60 Å². The fraction of sp³-hybridized carbons (Fsp3) is 1.00. The second-order valence-corrected chi connectivity index (χ2v) is 4.54. The zero-order valence-electron chi connectivity index (χ0n) is 9.51. The third-order valence-electron chi connectivity index (χ3n) is 3.02. The van der Waals surface area contributed by atoms with E-state index in [9.17, 15) is 0 Å². The van der Waals surface area contributed by atoms with Crippen LogP contribution in [0.15, 0.2) is 0 Å². The molecule has 14 heavy (non-hydrogen) atoms. The van der Waals surface area contributed by atoms with E-state index in [2.05, 4.69) is 19.2 Å². The van der Waals surface area contributed by atoms with Gasteiger partial charge in [-0.2, -0.15) is 0 Å². The van der Waals surface area contributed by atoms with Gasteiger partial charge >= 0.3 is 0 Å². The molecule has 84 valence electrons. The summed E-state index contributed by atoms with van der Waals surface area (Å²) < 4.78 is 5.68. The number of hydrogen-bond donors (Lipinski definition) is 2. The highest BCUT2D eigenvalue weighted by molar-refractivity contribution is 4.82. The van der Waals surface area contributed by atoms with Crippen molar-refractivity contribution in [1.29, 1.82) is 0 Å². The largest absolute Gasteiger partial charge is 0.374 e. The second-order valence-electron chi connectivity index (χ2n) is 4.54. The molecule has 1 heterocycles. The molecule has 1 fully saturated rings. The molecule has 0 aliphatic carbocycles. The van der Waals surface area contributed by atoms with Crippen molar-refractivity contribution in [3.8, 4) is 0 Å². The van der Waals surface area contributed by atoms with E-state index in [1.54, 1.807) is 0 Å². The van der Waals surface area contributed by atoms with Crippen LogP contribution >= 0.6 is 0 Å². The van der Waals surface area contributed by atoms with Gasteiger partial charge in [0.2, 0.25) is 0 Å². The molecule has 0 amide bonds. The maximum Gasteiger partial charge on any atom is 0.0779 e. The number of rotatable bonds is 6. The first-order chi connectivity index (χ1) is 6.66. The highest BCUT2D eigenvalue weighted by atomic mass is 16.5. The Hall–Kier alpha value is -0.120. The Morgan fingerprint density at radius 2 is 2.36 bits per heavy atom. The van der Waals surface area contributed by atoms with Crippen molar-refractivity contribution in [2.45, 2.75) is 51.2 Å². The van der Waals surface area contributed by atoms with Gasteiger partial charge in [0.25, 0.3) is 0 Å². The van der Waals surface area contributed by atoms with Gasteiger partial charge in [0.05, 0.1) is 5.60 Å². The van der Waals surface area contributed by atoms with Crippen LogP contribution in [0.4, 0.5) is 0 Å². The minimum atomic E-state index is 0.0797. The highest BCUT2D eigenvalue weighted by Crippen LogP contribution is 2.23. The summed E-state index contributed by atoms with van der Waals surface area (Å²) in [5.41, 5.74) is 5.91. The van der Waals surface area contributed by atoms with E-state index in [1.807, 2.05) is 0 Å². The van der Waals surface area contributed by atoms with Gasteiger partial charge in [-0.1, -0.05) is 6.92 Å².